The molecule has 10 nitrogen and oxygen atoms in total. The number of likely N-dealkylation sites (N-methyl/N-ethyl adjacent to an activating group) is 1. The number of carboxylic acids is 1. The normalized spacial score (nSPS) is 13.3. The van der Waals surface area contributed by atoms with E-state index in [0.29, 0.717) is 12.1 Å². The van der Waals surface area contributed by atoms with Crippen molar-refractivity contribution in [2.24, 2.45) is 5.92 Å². The highest BCUT2D eigenvalue weighted by molar-refractivity contribution is 5.89. The first-order valence-electron chi connectivity index (χ1n) is 10.8. The van der Waals surface area contributed by atoms with Gasteiger partial charge in [0.1, 0.15) is 23.4 Å². The van der Waals surface area contributed by atoms with Gasteiger partial charge in [0, 0.05) is 12.6 Å². The quantitative estimate of drug-likeness (QED) is 0.590. The summed E-state index contributed by atoms with van der Waals surface area (Å²) in [5, 5.41) is 20.3. The molecule has 0 spiro atoms. The smallest absolute Gasteiger partial charge is 0.410 e. The fourth-order valence-electron chi connectivity index (χ4n) is 3.12. The van der Waals surface area contributed by atoms with Crippen molar-refractivity contribution in [3.8, 4) is 11.3 Å². The Morgan fingerprint density at radius 3 is 2.36 bits per heavy atom. The van der Waals surface area contributed by atoms with Crippen molar-refractivity contribution in [2.45, 2.75) is 65.3 Å². The van der Waals surface area contributed by atoms with Gasteiger partial charge in [-0.15, -0.1) is 5.10 Å². The average Bonchev–Trinajstić information content (AvgIpc) is 3.18. The van der Waals surface area contributed by atoms with Crippen LogP contribution in [0.2, 0.25) is 0 Å². The van der Waals surface area contributed by atoms with E-state index in [4.69, 9.17) is 4.74 Å². The lowest BCUT2D eigenvalue weighted by Crippen LogP contribution is -2.54. The fraction of sp³-hybridized carbons (Fsp3) is 0.522. The number of hydrogen-bond acceptors (Lipinski definition) is 6. The topological polar surface area (TPSA) is 127 Å². The van der Waals surface area contributed by atoms with Crippen molar-refractivity contribution < 1.29 is 24.2 Å². The van der Waals surface area contributed by atoms with E-state index in [9.17, 15) is 19.5 Å². The number of rotatable bonds is 9. The standard InChI is InChI=1S/C23H33N5O5/c1-15(2)12-19(27(6)22(32)33-23(3,4)5)20(29)24-18(21(30)31)14-28-13-17(25-26-28)16-10-8-7-9-11-16/h7-11,13,15,18-19H,12,14H2,1-6H3,(H,24,29)(H,30,31)/t18-,19+/m1/s1. The Kier molecular flexibility index (Phi) is 8.56. The van der Waals surface area contributed by atoms with Crippen molar-refractivity contribution in [3.63, 3.8) is 0 Å². The van der Waals surface area contributed by atoms with Crippen LogP contribution in [-0.4, -0.2) is 67.7 Å². The third kappa shape index (κ3) is 7.89. The molecule has 0 aliphatic carbocycles. The summed E-state index contributed by atoms with van der Waals surface area (Å²) < 4.78 is 6.74. The van der Waals surface area contributed by atoms with E-state index in [1.54, 1.807) is 27.0 Å². The molecule has 180 valence electrons. The second-order valence-electron chi connectivity index (χ2n) is 9.33. The van der Waals surface area contributed by atoms with E-state index in [1.165, 1.54) is 16.6 Å². The first-order valence-corrected chi connectivity index (χ1v) is 10.8. The Bertz CT molecular complexity index is 952. The van der Waals surface area contributed by atoms with Gasteiger partial charge in [-0.25, -0.2) is 14.3 Å². The molecule has 2 amide bonds. The molecule has 0 aliphatic rings. The maximum atomic E-state index is 13.1. The number of carbonyl (C=O) groups excluding carboxylic acids is 2. The summed E-state index contributed by atoms with van der Waals surface area (Å²) in [5.74, 6) is -1.71. The molecule has 0 radical (unpaired) electrons. The van der Waals surface area contributed by atoms with Crippen LogP contribution < -0.4 is 5.32 Å². The summed E-state index contributed by atoms with van der Waals surface area (Å²) in [5.41, 5.74) is 0.709. The maximum Gasteiger partial charge on any atom is 0.410 e. The number of amides is 2. The van der Waals surface area contributed by atoms with Gasteiger partial charge >= 0.3 is 12.1 Å². The zero-order valence-electron chi connectivity index (χ0n) is 20.0. The number of nitrogens with zero attached hydrogens (tertiary/aromatic N) is 4. The third-order valence-electron chi connectivity index (χ3n) is 4.74. The van der Waals surface area contributed by atoms with Gasteiger partial charge in [-0.3, -0.25) is 9.69 Å². The lowest BCUT2D eigenvalue weighted by molar-refractivity contribution is -0.143. The van der Waals surface area contributed by atoms with Gasteiger partial charge in [0.15, 0.2) is 0 Å². The first kappa shape index (κ1) is 25.8. The fourth-order valence-corrected chi connectivity index (χ4v) is 3.12. The van der Waals surface area contributed by atoms with Crippen LogP contribution in [0.3, 0.4) is 0 Å². The van der Waals surface area contributed by atoms with E-state index in [-0.39, 0.29) is 12.5 Å². The van der Waals surface area contributed by atoms with Gasteiger partial charge in [0.05, 0.1) is 12.7 Å². The zero-order valence-corrected chi connectivity index (χ0v) is 20.0. The predicted molar refractivity (Wildman–Crippen MR) is 122 cm³/mol. The second-order valence-corrected chi connectivity index (χ2v) is 9.33. The first-order chi connectivity index (χ1) is 15.4. The number of hydrogen-bond donors (Lipinski definition) is 2. The summed E-state index contributed by atoms with van der Waals surface area (Å²) >= 11 is 0. The zero-order chi connectivity index (χ0) is 24.8. The van der Waals surface area contributed by atoms with E-state index in [0.717, 1.165) is 5.56 Å². The number of aliphatic carboxylic acids is 1. The SMILES string of the molecule is CC(C)C[C@@H](C(=O)N[C@H](Cn1cc(-c2ccccc2)nn1)C(=O)O)N(C)C(=O)OC(C)(C)C. The van der Waals surface area contributed by atoms with Crippen LogP contribution in [0.5, 0.6) is 0 Å². The molecule has 0 saturated carbocycles. The van der Waals surface area contributed by atoms with E-state index < -0.39 is 35.7 Å². The average molecular weight is 460 g/mol. The summed E-state index contributed by atoms with van der Waals surface area (Å²) in [4.78, 5) is 38.7. The van der Waals surface area contributed by atoms with Crippen LogP contribution in [-0.2, 0) is 20.9 Å². The van der Waals surface area contributed by atoms with Crippen molar-refractivity contribution in [2.75, 3.05) is 7.05 Å². The van der Waals surface area contributed by atoms with Gasteiger partial charge < -0.3 is 15.2 Å². The largest absolute Gasteiger partial charge is 0.480 e. The minimum atomic E-state index is -1.26. The van der Waals surface area contributed by atoms with Gasteiger partial charge in [-0.2, -0.15) is 0 Å². The molecule has 1 heterocycles. The van der Waals surface area contributed by atoms with Crippen LogP contribution in [0.1, 0.15) is 41.0 Å². The molecule has 0 unspecified atom stereocenters. The van der Waals surface area contributed by atoms with E-state index in [1.807, 2.05) is 44.2 Å². The summed E-state index contributed by atoms with van der Waals surface area (Å²) in [7, 11) is 1.47. The highest BCUT2D eigenvalue weighted by atomic mass is 16.6. The monoisotopic (exact) mass is 459 g/mol. The van der Waals surface area contributed by atoms with E-state index in [2.05, 4.69) is 15.6 Å². The van der Waals surface area contributed by atoms with Gasteiger partial charge in [-0.1, -0.05) is 49.4 Å². The highest BCUT2D eigenvalue weighted by Gasteiger charge is 2.33. The molecule has 2 rings (SSSR count). The summed E-state index contributed by atoms with van der Waals surface area (Å²) in [6.07, 6.45) is 1.31. The third-order valence-corrected chi connectivity index (χ3v) is 4.74. The summed E-state index contributed by atoms with van der Waals surface area (Å²) in [6.45, 7) is 8.91. The number of carbonyl (C=O) groups is 3. The Morgan fingerprint density at radius 1 is 1.18 bits per heavy atom. The Labute approximate surface area is 193 Å². The Hall–Kier alpha value is -3.43. The number of benzene rings is 1. The highest BCUT2D eigenvalue weighted by Crippen LogP contribution is 2.17. The predicted octanol–water partition coefficient (Wildman–Crippen LogP) is 2.80. The summed E-state index contributed by atoms with van der Waals surface area (Å²) in [6, 6.07) is 7.20. The number of aromatic nitrogens is 3. The maximum absolute atomic E-state index is 13.1. The van der Waals surface area contributed by atoms with Crippen LogP contribution in [0.4, 0.5) is 4.79 Å². The molecule has 2 N–H and O–H groups in total. The number of carboxylic acid groups (broad SMARTS) is 1. The number of ether oxygens (including phenoxy) is 1. The van der Waals surface area contributed by atoms with Crippen molar-refractivity contribution in [1.29, 1.82) is 0 Å². The molecule has 10 heteroatoms. The van der Waals surface area contributed by atoms with E-state index >= 15 is 0 Å². The molecule has 1 aromatic carbocycles. The van der Waals surface area contributed by atoms with Crippen molar-refractivity contribution in [1.82, 2.24) is 25.2 Å². The lowest BCUT2D eigenvalue weighted by Gasteiger charge is -2.31. The number of nitrogens with one attached hydrogen (secondary N) is 1. The molecular weight excluding hydrogens is 426 g/mol. The minimum Gasteiger partial charge on any atom is -0.480 e. The van der Waals surface area contributed by atoms with Gasteiger partial charge in [0.25, 0.3) is 0 Å². The molecule has 2 aromatic rings. The van der Waals surface area contributed by atoms with Crippen LogP contribution in [0.15, 0.2) is 36.5 Å². The van der Waals surface area contributed by atoms with Gasteiger partial charge in [0.2, 0.25) is 5.91 Å². The molecule has 2 atom stereocenters. The molecule has 0 fully saturated rings. The minimum absolute atomic E-state index is 0.0812. The second kappa shape index (κ2) is 10.9. The van der Waals surface area contributed by atoms with Crippen molar-refractivity contribution >= 4 is 18.0 Å². The molecule has 33 heavy (non-hydrogen) atoms. The van der Waals surface area contributed by atoms with Crippen LogP contribution >= 0.6 is 0 Å². The molecule has 0 aliphatic heterocycles. The lowest BCUT2D eigenvalue weighted by atomic mass is 10.0. The Morgan fingerprint density at radius 2 is 1.82 bits per heavy atom. The molecule has 1 aromatic heterocycles. The van der Waals surface area contributed by atoms with Crippen LogP contribution in [0, 0.1) is 5.92 Å². The molecule has 0 saturated heterocycles. The molecular formula is C23H33N5O5. The Balaban J connectivity index is 2.15. The van der Waals surface area contributed by atoms with Gasteiger partial charge in [-0.05, 0) is 33.1 Å². The molecule has 0 bridgehead atoms. The van der Waals surface area contributed by atoms with Crippen molar-refractivity contribution in [3.05, 3.63) is 36.5 Å². The van der Waals surface area contributed by atoms with Crippen LogP contribution in [0.25, 0.3) is 11.3 Å².